The van der Waals surface area contributed by atoms with Crippen LogP contribution in [0.3, 0.4) is 0 Å². The normalized spacial score (nSPS) is 11.3. The van der Waals surface area contributed by atoms with Crippen LogP contribution in [-0.2, 0) is 17.9 Å². The highest BCUT2D eigenvalue weighted by Crippen LogP contribution is 2.19. The summed E-state index contributed by atoms with van der Waals surface area (Å²) >= 11 is 9.29. The number of amides is 1. The van der Waals surface area contributed by atoms with Crippen molar-refractivity contribution in [3.05, 3.63) is 56.5 Å². The van der Waals surface area contributed by atoms with Gasteiger partial charge >= 0.3 is 0 Å². The lowest BCUT2D eigenvalue weighted by Gasteiger charge is -2.00. The quantitative estimate of drug-likeness (QED) is 0.457. The van der Waals surface area contributed by atoms with E-state index in [4.69, 9.17) is 11.6 Å². The summed E-state index contributed by atoms with van der Waals surface area (Å²) in [4.78, 5) is 13.1. The summed E-state index contributed by atoms with van der Waals surface area (Å²) in [5.41, 5.74) is 5.09. The number of halogens is 2. The van der Waals surface area contributed by atoms with Gasteiger partial charge in [-0.1, -0.05) is 23.7 Å². The lowest BCUT2D eigenvalue weighted by molar-refractivity contribution is -0.122. The minimum absolute atomic E-state index is 0.0915. The number of carbonyl (C=O) groups excluding carboxylic acids is 1. The highest BCUT2D eigenvalue weighted by molar-refractivity contribution is 9.10. The van der Waals surface area contributed by atoms with Crippen molar-refractivity contribution in [1.29, 1.82) is 0 Å². The molecule has 27 heavy (non-hydrogen) atoms. The molecule has 0 unspecified atom stereocenters. The zero-order valence-electron chi connectivity index (χ0n) is 14.6. The predicted molar refractivity (Wildman–Crippen MR) is 104 cm³/mol. The molecule has 0 atom stereocenters. The maximum Gasteiger partial charge on any atom is 0.263 e. The highest BCUT2D eigenvalue weighted by atomic mass is 79.9. The Morgan fingerprint density at radius 2 is 2.04 bits per heavy atom. The van der Waals surface area contributed by atoms with Crippen LogP contribution in [0.1, 0.15) is 22.8 Å². The van der Waals surface area contributed by atoms with Crippen LogP contribution in [0.25, 0.3) is 0 Å². The molecule has 1 aromatic carbocycles. The molecule has 0 fully saturated rings. The number of aromatic nitrogens is 6. The van der Waals surface area contributed by atoms with Crippen molar-refractivity contribution in [2.24, 2.45) is 5.10 Å². The fourth-order valence-electron chi connectivity index (χ4n) is 2.26. The van der Waals surface area contributed by atoms with Crippen LogP contribution in [0.5, 0.6) is 0 Å². The van der Waals surface area contributed by atoms with Gasteiger partial charge in [-0.15, -0.1) is 10.2 Å². The molecule has 0 bridgehead atoms. The number of hydrazone groups is 1. The lowest BCUT2D eigenvalue weighted by Crippen LogP contribution is -2.24. The van der Waals surface area contributed by atoms with Gasteiger partial charge in [0.2, 0.25) is 0 Å². The van der Waals surface area contributed by atoms with Gasteiger partial charge in [0.15, 0.2) is 5.82 Å². The van der Waals surface area contributed by atoms with Gasteiger partial charge in [0.25, 0.3) is 5.91 Å². The van der Waals surface area contributed by atoms with E-state index in [1.165, 1.54) is 11.0 Å². The molecule has 0 saturated carbocycles. The molecule has 0 aliphatic rings. The summed E-state index contributed by atoms with van der Waals surface area (Å²) < 4.78 is 2.73. The largest absolute Gasteiger partial charge is 0.271 e. The van der Waals surface area contributed by atoms with Gasteiger partial charge in [-0.25, -0.2) is 5.43 Å². The third-order valence-electron chi connectivity index (χ3n) is 3.64. The van der Waals surface area contributed by atoms with Crippen LogP contribution in [0, 0.1) is 13.8 Å². The average molecular weight is 452 g/mol. The van der Waals surface area contributed by atoms with Crippen LogP contribution < -0.4 is 5.43 Å². The van der Waals surface area contributed by atoms with E-state index in [1.54, 1.807) is 28.9 Å². The van der Waals surface area contributed by atoms with E-state index >= 15 is 0 Å². The number of hydrogen-bond acceptors (Lipinski definition) is 6. The molecule has 0 aliphatic heterocycles. The number of hydrogen-bond donors (Lipinski definition) is 1. The van der Waals surface area contributed by atoms with E-state index in [9.17, 15) is 4.79 Å². The number of rotatable bonds is 6. The number of tetrazole rings is 1. The maximum absolute atomic E-state index is 11.9. The Morgan fingerprint density at radius 3 is 2.70 bits per heavy atom. The van der Waals surface area contributed by atoms with Gasteiger partial charge in [0, 0.05) is 5.02 Å². The van der Waals surface area contributed by atoms with E-state index in [1.807, 2.05) is 13.8 Å². The van der Waals surface area contributed by atoms with Gasteiger partial charge in [-0.05, 0) is 52.7 Å². The fraction of sp³-hybridized carbons (Fsp3) is 0.250. The third-order valence-corrected chi connectivity index (χ3v) is 5.04. The number of nitrogens with one attached hydrogen (secondary N) is 1. The predicted octanol–water partition coefficient (Wildman–Crippen LogP) is 2.10. The summed E-state index contributed by atoms with van der Waals surface area (Å²) in [7, 11) is 0. The zero-order valence-corrected chi connectivity index (χ0v) is 16.9. The summed E-state index contributed by atoms with van der Waals surface area (Å²) in [6.45, 7) is 4.13. The molecule has 0 aliphatic carbocycles. The first-order valence-corrected chi connectivity index (χ1v) is 9.13. The van der Waals surface area contributed by atoms with Crippen molar-refractivity contribution < 1.29 is 4.79 Å². The van der Waals surface area contributed by atoms with Crippen LogP contribution in [0.15, 0.2) is 33.8 Å². The van der Waals surface area contributed by atoms with Crippen LogP contribution in [0.2, 0.25) is 5.02 Å². The first-order chi connectivity index (χ1) is 12.9. The standard InChI is InChI=1S/C16H16BrClN8O/c1-10-16(17)11(2)25(22-10)8-14-20-24-26(23-14)9-15(27)21-19-7-12-3-5-13(18)6-4-12/h3-7H,8-9H2,1-2H3,(H,21,27)/b19-7-. The van der Waals surface area contributed by atoms with E-state index in [-0.39, 0.29) is 12.5 Å². The van der Waals surface area contributed by atoms with Gasteiger partial charge in [-0.3, -0.25) is 9.48 Å². The van der Waals surface area contributed by atoms with Crippen molar-refractivity contribution in [3.8, 4) is 0 Å². The number of benzene rings is 1. The SMILES string of the molecule is Cc1nn(Cc2nnn(CC(=O)N/N=C\c3ccc(Cl)cc3)n2)c(C)c1Br. The third kappa shape index (κ3) is 4.98. The molecule has 1 N–H and O–H groups in total. The Morgan fingerprint density at radius 1 is 1.30 bits per heavy atom. The fourth-order valence-corrected chi connectivity index (χ4v) is 2.67. The molecule has 0 radical (unpaired) electrons. The monoisotopic (exact) mass is 450 g/mol. The maximum atomic E-state index is 11.9. The summed E-state index contributed by atoms with van der Waals surface area (Å²) in [6, 6.07) is 7.07. The molecule has 3 rings (SSSR count). The molecule has 11 heteroatoms. The van der Waals surface area contributed by atoms with Crippen LogP contribution in [0.4, 0.5) is 0 Å². The smallest absolute Gasteiger partial charge is 0.263 e. The highest BCUT2D eigenvalue weighted by Gasteiger charge is 2.12. The van der Waals surface area contributed by atoms with E-state index in [2.05, 4.69) is 47.0 Å². The minimum Gasteiger partial charge on any atom is -0.271 e. The number of aryl methyl sites for hydroxylation is 1. The molecule has 9 nitrogen and oxygen atoms in total. The second kappa shape index (κ2) is 8.40. The summed E-state index contributed by atoms with van der Waals surface area (Å²) in [5.74, 6) is 0.101. The van der Waals surface area contributed by atoms with E-state index in [0.29, 0.717) is 17.4 Å². The molecular formula is C16H16BrClN8O. The first kappa shape index (κ1) is 19.2. The van der Waals surface area contributed by atoms with Gasteiger partial charge in [0.1, 0.15) is 13.1 Å². The average Bonchev–Trinajstić information content (AvgIpc) is 3.17. The van der Waals surface area contributed by atoms with E-state index in [0.717, 1.165) is 21.4 Å². The van der Waals surface area contributed by atoms with Crippen molar-refractivity contribution in [1.82, 2.24) is 35.4 Å². The molecule has 3 aromatic rings. The van der Waals surface area contributed by atoms with E-state index < -0.39 is 0 Å². The topological polar surface area (TPSA) is 103 Å². The van der Waals surface area contributed by atoms with Crippen molar-refractivity contribution in [3.63, 3.8) is 0 Å². The Hall–Kier alpha value is -2.59. The lowest BCUT2D eigenvalue weighted by atomic mass is 10.2. The second-order valence-corrected chi connectivity index (χ2v) is 6.95. The summed E-state index contributed by atoms with van der Waals surface area (Å²) in [5, 5.41) is 21.0. The molecule has 2 heterocycles. The molecule has 0 spiro atoms. The van der Waals surface area contributed by atoms with Gasteiger partial charge in [-0.2, -0.15) is 15.0 Å². The second-order valence-electron chi connectivity index (χ2n) is 5.72. The van der Waals surface area contributed by atoms with Crippen molar-refractivity contribution in [2.45, 2.75) is 26.9 Å². The Kier molecular flexibility index (Phi) is 5.97. The zero-order chi connectivity index (χ0) is 19.4. The molecule has 1 amide bonds. The number of nitrogens with zero attached hydrogens (tertiary/aromatic N) is 7. The van der Waals surface area contributed by atoms with Gasteiger partial charge < -0.3 is 0 Å². The molecule has 2 aromatic heterocycles. The van der Waals surface area contributed by atoms with Gasteiger partial charge in [0.05, 0.1) is 22.1 Å². The Bertz CT molecular complexity index is 979. The number of carbonyl (C=O) groups is 1. The first-order valence-electron chi connectivity index (χ1n) is 7.96. The Labute approximate surface area is 168 Å². The summed E-state index contributed by atoms with van der Waals surface area (Å²) in [6.07, 6.45) is 1.52. The Balaban J connectivity index is 1.54. The molecule has 0 saturated heterocycles. The van der Waals surface area contributed by atoms with Crippen LogP contribution >= 0.6 is 27.5 Å². The molecular weight excluding hydrogens is 436 g/mol. The van der Waals surface area contributed by atoms with Crippen molar-refractivity contribution in [2.75, 3.05) is 0 Å². The van der Waals surface area contributed by atoms with Crippen LogP contribution in [-0.4, -0.2) is 42.1 Å². The molecule has 140 valence electrons. The van der Waals surface area contributed by atoms with Crippen molar-refractivity contribution >= 4 is 39.7 Å². The minimum atomic E-state index is -0.363.